The number of rotatable bonds is 8. The SMILES string of the molecule is N#CCCN(c1ccccc1)S(=O)(=O)CCCCCl. The Kier molecular flexibility index (Phi) is 6.68. The van der Waals surface area contributed by atoms with E-state index in [1.165, 1.54) is 4.31 Å². The summed E-state index contributed by atoms with van der Waals surface area (Å²) >= 11 is 5.56. The van der Waals surface area contributed by atoms with Crippen molar-refractivity contribution < 1.29 is 8.42 Å². The molecule has 0 saturated carbocycles. The maximum atomic E-state index is 12.3. The third-order valence-corrected chi connectivity index (χ3v) is 4.73. The first kappa shape index (κ1) is 15.8. The Bertz CT molecular complexity index is 511. The van der Waals surface area contributed by atoms with Gasteiger partial charge in [-0.05, 0) is 25.0 Å². The molecular weight excluding hydrogens is 284 g/mol. The van der Waals surface area contributed by atoms with E-state index in [9.17, 15) is 8.42 Å². The molecule has 1 rings (SSSR count). The lowest BCUT2D eigenvalue weighted by Gasteiger charge is -2.23. The van der Waals surface area contributed by atoms with Gasteiger partial charge in [0.1, 0.15) is 0 Å². The number of benzene rings is 1. The van der Waals surface area contributed by atoms with Crippen molar-refractivity contribution in [1.82, 2.24) is 0 Å². The number of sulfonamides is 1. The first-order valence-electron chi connectivity index (χ1n) is 6.10. The van der Waals surface area contributed by atoms with Gasteiger partial charge in [-0.1, -0.05) is 18.2 Å². The highest BCUT2D eigenvalue weighted by Gasteiger charge is 2.21. The molecule has 104 valence electrons. The van der Waals surface area contributed by atoms with Crippen molar-refractivity contribution in [3.05, 3.63) is 30.3 Å². The number of unbranched alkanes of at least 4 members (excludes halogenated alkanes) is 1. The average Bonchev–Trinajstić information content (AvgIpc) is 2.40. The molecule has 0 aromatic heterocycles. The van der Waals surface area contributed by atoms with Crippen molar-refractivity contribution >= 4 is 27.3 Å². The second-order valence-corrected chi connectivity index (χ2v) is 6.42. The van der Waals surface area contributed by atoms with Crippen LogP contribution in [0.2, 0.25) is 0 Å². The molecule has 0 amide bonds. The number of para-hydroxylation sites is 1. The number of hydrogen-bond acceptors (Lipinski definition) is 3. The summed E-state index contributed by atoms with van der Waals surface area (Å²) in [5, 5.41) is 8.65. The zero-order valence-corrected chi connectivity index (χ0v) is 12.2. The maximum Gasteiger partial charge on any atom is 0.235 e. The number of halogens is 1. The summed E-state index contributed by atoms with van der Waals surface area (Å²) in [6.07, 6.45) is 1.37. The van der Waals surface area contributed by atoms with Gasteiger partial charge in [-0.15, -0.1) is 11.6 Å². The lowest BCUT2D eigenvalue weighted by Crippen LogP contribution is -2.33. The Hall–Kier alpha value is -1.25. The fraction of sp³-hybridized carbons (Fsp3) is 0.462. The average molecular weight is 301 g/mol. The molecule has 0 N–H and O–H groups in total. The third-order valence-electron chi connectivity index (χ3n) is 2.59. The molecule has 0 heterocycles. The highest BCUT2D eigenvalue weighted by Crippen LogP contribution is 2.19. The number of nitrogens with zero attached hydrogens (tertiary/aromatic N) is 2. The molecule has 1 aromatic rings. The predicted molar refractivity (Wildman–Crippen MR) is 77.8 cm³/mol. The van der Waals surface area contributed by atoms with Crippen molar-refractivity contribution in [3.8, 4) is 6.07 Å². The Morgan fingerprint density at radius 2 is 1.89 bits per heavy atom. The van der Waals surface area contributed by atoms with Crippen LogP contribution in [-0.2, 0) is 10.0 Å². The number of alkyl halides is 1. The Labute approximate surface area is 119 Å². The topological polar surface area (TPSA) is 61.2 Å². The van der Waals surface area contributed by atoms with Crippen molar-refractivity contribution in [1.29, 1.82) is 5.26 Å². The van der Waals surface area contributed by atoms with Gasteiger partial charge in [0.2, 0.25) is 10.0 Å². The van der Waals surface area contributed by atoms with E-state index in [2.05, 4.69) is 0 Å². The van der Waals surface area contributed by atoms with E-state index < -0.39 is 10.0 Å². The normalized spacial score (nSPS) is 10.9. The first-order chi connectivity index (χ1) is 9.11. The lowest BCUT2D eigenvalue weighted by atomic mass is 10.3. The van der Waals surface area contributed by atoms with Gasteiger partial charge in [0, 0.05) is 12.4 Å². The molecule has 0 aliphatic rings. The number of anilines is 1. The molecule has 0 spiro atoms. The minimum Gasteiger partial charge on any atom is -0.269 e. The van der Waals surface area contributed by atoms with Crippen LogP contribution in [-0.4, -0.2) is 26.6 Å². The van der Waals surface area contributed by atoms with Crippen LogP contribution in [0.4, 0.5) is 5.69 Å². The molecule has 0 radical (unpaired) electrons. The van der Waals surface area contributed by atoms with Crippen LogP contribution < -0.4 is 4.31 Å². The van der Waals surface area contributed by atoms with E-state index in [1.54, 1.807) is 24.3 Å². The van der Waals surface area contributed by atoms with Crippen LogP contribution in [0.15, 0.2) is 30.3 Å². The second kappa shape index (κ2) is 8.03. The van der Waals surface area contributed by atoms with Crippen molar-refractivity contribution in [2.45, 2.75) is 19.3 Å². The first-order valence-corrected chi connectivity index (χ1v) is 8.24. The molecule has 19 heavy (non-hydrogen) atoms. The van der Waals surface area contributed by atoms with Gasteiger partial charge in [-0.2, -0.15) is 5.26 Å². The predicted octanol–water partition coefficient (Wildman–Crippen LogP) is 2.76. The monoisotopic (exact) mass is 300 g/mol. The summed E-state index contributed by atoms with van der Waals surface area (Å²) in [5.41, 5.74) is 0.601. The fourth-order valence-electron chi connectivity index (χ4n) is 1.66. The molecule has 0 fully saturated rings. The molecule has 0 aliphatic heterocycles. The summed E-state index contributed by atoms with van der Waals surface area (Å²) in [6.45, 7) is 0.184. The maximum absolute atomic E-state index is 12.3. The Balaban J connectivity index is 2.88. The van der Waals surface area contributed by atoms with Crippen LogP contribution in [0.3, 0.4) is 0 Å². The quantitative estimate of drug-likeness (QED) is 0.548. The smallest absolute Gasteiger partial charge is 0.235 e. The van der Waals surface area contributed by atoms with Gasteiger partial charge < -0.3 is 0 Å². The third kappa shape index (κ3) is 5.09. The van der Waals surface area contributed by atoms with E-state index in [4.69, 9.17) is 16.9 Å². The van der Waals surface area contributed by atoms with E-state index >= 15 is 0 Å². The van der Waals surface area contributed by atoms with Crippen LogP contribution in [0.1, 0.15) is 19.3 Å². The zero-order chi connectivity index (χ0) is 14.1. The van der Waals surface area contributed by atoms with Gasteiger partial charge >= 0.3 is 0 Å². The highest BCUT2D eigenvalue weighted by molar-refractivity contribution is 7.92. The summed E-state index contributed by atoms with van der Waals surface area (Å²) in [6, 6.07) is 10.8. The lowest BCUT2D eigenvalue weighted by molar-refractivity contribution is 0.587. The summed E-state index contributed by atoms with van der Waals surface area (Å²) in [4.78, 5) is 0. The minimum atomic E-state index is -3.40. The molecule has 0 atom stereocenters. The van der Waals surface area contributed by atoms with Gasteiger partial charge in [-0.25, -0.2) is 8.42 Å². The van der Waals surface area contributed by atoms with Gasteiger partial charge in [0.15, 0.2) is 0 Å². The van der Waals surface area contributed by atoms with E-state index in [0.717, 1.165) is 0 Å². The molecule has 4 nitrogen and oxygen atoms in total. The van der Waals surface area contributed by atoms with E-state index in [1.807, 2.05) is 12.1 Å². The largest absolute Gasteiger partial charge is 0.269 e. The standard InChI is InChI=1S/C13H17ClN2O2S/c14-9-4-5-12-19(17,18)16(11-6-10-15)13-7-2-1-3-8-13/h1-3,7-8H,4-6,9,11-12H2. The van der Waals surface area contributed by atoms with Crippen LogP contribution in [0.25, 0.3) is 0 Å². The molecule has 1 aromatic carbocycles. The van der Waals surface area contributed by atoms with Crippen molar-refractivity contribution in [2.24, 2.45) is 0 Å². The van der Waals surface area contributed by atoms with E-state index in [0.29, 0.717) is 24.4 Å². The highest BCUT2D eigenvalue weighted by atomic mass is 35.5. The molecule has 0 bridgehead atoms. The molecule has 0 unspecified atom stereocenters. The Morgan fingerprint density at radius 1 is 1.21 bits per heavy atom. The van der Waals surface area contributed by atoms with Crippen LogP contribution in [0.5, 0.6) is 0 Å². The van der Waals surface area contributed by atoms with Gasteiger partial charge in [0.25, 0.3) is 0 Å². The van der Waals surface area contributed by atoms with Crippen molar-refractivity contribution in [3.63, 3.8) is 0 Å². The van der Waals surface area contributed by atoms with E-state index in [-0.39, 0.29) is 18.7 Å². The van der Waals surface area contributed by atoms with Gasteiger partial charge in [-0.3, -0.25) is 4.31 Å². The van der Waals surface area contributed by atoms with Crippen molar-refractivity contribution in [2.75, 3.05) is 22.5 Å². The molecule has 0 aliphatic carbocycles. The zero-order valence-electron chi connectivity index (χ0n) is 10.6. The van der Waals surface area contributed by atoms with Crippen LogP contribution in [0, 0.1) is 11.3 Å². The molecule has 0 saturated heterocycles. The summed E-state index contributed by atoms with van der Waals surface area (Å²) in [7, 11) is -3.40. The number of hydrogen-bond donors (Lipinski definition) is 0. The second-order valence-electron chi connectivity index (χ2n) is 4.03. The number of nitriles is 1. The van der Waals surface area contributed by atoms with Gasteiger partial charge in [0.05, 0.1) is 23.9 Å². The minimum absolute atomic E-state index is 0.0556. The Morgan fingerprint density at radius 3 is 2.47 bits per heavy atom. The summed E-state index contributed by atoms with van der Waals surface area (Å²) in [5.74, 6) is 0.513. The van der Waals surface area contributed by atoms with Crippen LogP contribution >= 0.6 is 11.6 Å². The molecule has 6 heteroatoms. The summed E-state index contributed by atoms with van der Waals surface area (Å²) < 4.78 is 25.9. The fourth-order valence-corrected chi connectivity index (χ4v) is 3.45. The molecular formula is C13H17ClN2O2S.